The Hall–Kier alpha value is -0.750. The minimum Gasteiger partial charge on any atom is -0.383 e. The maximum Gasteiger partial charge on any atom is 0.270 e. The zero-order chi connectivity index (χ0) is 13.2. The van der Waals surface area contributed by atoms with E-state index >= 15 is 0 Å². The Bertz CT molecular complexity index is 461. The van der Waals surface area contributed by atoms with E-state index in [2.05, 4.69) is 28.2 Å². The Morgan fingerprint density at radius 3 is 2.94 bits per heavy atom. The molecule has 1 aromatic carbocycles. The number of halogens is 1. The highest BCUT2D eigenvalue weighted by molar-refractivity contribution is 9.10. The normalized spacial score (nSPS) is 23.0. The summed E-state index contributed by atoms with van der Waals surface area (Å²) in [6.07, 6.45) is 2.49. The van der Waals surface area contributed by atoms with E-state index in [1.54, 1.807) is 6.07 Å². The van der Waals surface area contributed by atoms with Crippen LogP contribution in [0.3, 0.4) is 0 Å². The average Bonchev–Trinajstić information content (AvgIpc) is 2.75. The van der Waals surface area contributed by atoms with Crippen molar-refractivity contribution in [3.63, 3.8) is 0 Å². The van der Waals surface area contributed by atoms with Crippen molar-refractivity contribution >= 4 is 39.1 Å². The molecule has 1 heterocycles. The highest BCUT2D eigenvalue weighted by atomic mass is 79.9. The SMILES string of the molecule is CC1(CNc2ccc([N+](=O)[O-])cc2Br)CCCS1. The van der Waals surface area contributed by atoms with Gasteiger partial charge in [-0.15, -0.1) is 0 Å². The molecule has 1 N–H and O–H groups in total. The molecule has 1 aliphatic rings. The highest BCUT2D eigenvalue weighted by Crippen LogP contribution is 2.38. The van der Waals surface area contributed by atoms with Gasteiger partial charge in [0.1, 0.15) is 0 Å². The fourth-order valence-electron chi connectivity index (χ4n) is 2.02. The van der Waals surface area contributed by atoms with E-state index in [0.717, 1.165) is 16.7 Å². The molecule has 1 aromatic rings. The lowest BCUT2D eigenvalue weighted by Gasteiger charge is -2.23. The molecule has 1 atom stereocenters. The molecule has 18 heavy (non-hydrogen) atoms. The molecule has 98 valence electrons. The van der Waals surface area contributed by atoms with E-state index in [1.807, 2.05) is 11.8 Å². The van der Waals surface area contributed by atoms with Gasteiger partial charge in [-0.1, -0.05) is 0 Å². The van der Waals surface area contributed by atoms with Crippen LogP contribution in [0.1, 0.15) is 19.8 Å². The van der Waals surface area contributed by atoms with Gasteiger partial charge in [0.15, 0.2) is 0 Å². The van der Waals surface area contributed by atoms with Gasteiger partial charge >= 0.3 is 0 Å². The number of anilines is 1. The Morgan fingerprint density at radius 1 is 1.61 bits per heavy atom. The van der Waals surface area contributed by atoms with Gasteiger partial charge in [-0.2, -0.15) is 11.8 Å². The molecule has 0 saturated carbocycles. The smallest absolute Gasteiger partial charge is 0.270 e. The molecule has 2 rings (SSSR count). The Labute approximate surface area is 119 Å². The minimum absolute atomic E-state index is 0.105. The maximum atomic E-state index is 10.6. The molecule has 0 aromatic heterocycles. The van der Waals surface area contributed by atoms with E-state index in [9.17, 15) is 10.1 Å². The molecular formula is C12H15BrN2O2S. The van der Waals surface area contributed by atoms with Crippen LogP contribution < -0.4 is 5.32 Å². The summed E-state index contributed by atoms with van der Waals surface area (Å²) in [5, 5.41) is 14.0. The van der Waals surface area contributed by atoms with Gasteiger partial charge in [0.2, 0.25) is 0 Å². The van der Waals surface area contributed by atoms with Crippen molar-refractivity contribution in [2.45, 2.75) is 24.5 Å². The van der Waals surface area contributed by atoms with Gasteiger partial charge in [0.05, 0.1) is 4.92 Å². The summed E-state index contributed by atoms with van der Waals surface area (Å²) in [6.45, 7) is 3.14. The molecular weight excluding hydrogens is 316 g/mol. The number of non-ortho nitro benzene ring substituents is 1. The minimum atomic E-state index is -0.386. The Kier molecular flexibility index (Phi) is 4.17. The monoisotopic (exact) mass is 330 g/mol. The third kappa shape index (κ3) is 3.17. The first-order valence-corrected chi connectivity index (χ1v) is 7.60. The first kappa shape index (κ1) is 13.7. The summed E-state index contributed by atoms with van der Waals surface area (Å²) in [4.78, 5) is 10.3. The lowest BCUT2D eigenvalue weighted by molar-refractivity contribution is -0.384. The van der Waals surface area contributed by atoms with E-state index in [0.29, 0.717) is 0 Å². The van der Waals surface area contributed by atoms with Crippen LogP contribution in [0.5, 0.6) is 0 Å². The quantitative estimate of drug-likeness (QED) is 0.668. The number of hydrogen-bond acceptors (Lipinski definition) is 4. The number of hydrogen-bond donors (Lipinski definition) is 1. The molecule has 0 amide bonds. The van der Waals surface area contributed by atoms with Crippen LogP contribution in [0.4, 0.5) is 11.4 Å². The number of nitro benzene ring substituents is 1. The van der Waals surface area contributed by atoms with Gasteiger partial charge < -0.3 is 5.32 Å². The van der Waals surface area contributed by atoms with Crippen molar-refractivity contribution in [2.75, 3.05) is 17.6 Å². The summed E-state index contributed by atoms with van der Waals surface area (Å²) >= 11 is 5.36. The first-order chi connectivity index (χ1) is 8.50. The van der Waals surface area contributed by atoms with E-state index < -0.39 is 0 Å². The maximum absolute atomic E-state index is 10.6. The van der Waals surface area contributed by atoms with Crippen molar-refractivity contribution in [2.24, 2.45) is 0 Å². The summed E-state index contributed by atoms with van der Waals surface area (Å²) in [7, 11) is 0. The van der Waals surface area contributed by atoms with Gasteiger partial charge in [0, 0.05) is 33.6 Å². The summed E-state index contributed by atoms with van der Waals surface area (Å²) in [6, 6.07) is 4.81. The van der Waals surface area contributed by atoms with Crippen molar-refractivity contribution in [3.05, 3.63) is 32.8 Å². The number of thioether (sulfide) groups is 1. The van der Waals surface area contributed by atoms with Crippen LogP contribution in [0.2, 0.25) is 0 Å². The summed E-state index contributed by atoms with van der Waals surface area (Å²) < 4.78 is 1.02. The van der Waals surface area contributed by atoms with Gasteiger partial charge in [-0.25, -0.2) is 0 Å². The standard InChI is InChI=1S/C12H15BrN2O2S/c1-12(5-2-6-18-12)8-14-11-4-3-9(15(16)17)7-10(11)13/h3-4,7,14H,2,5-6,8H2,1H3. The molecule has 4 nitrogen and oxygen atoms in total. The van der Waals surface area contributed by atoms with Crippen molar-refractivity contribution in [3.8, 4) is 0 Å². The number of rotatable bonds is 4. The Morgan fingerprint density at radius 2 is 2.39 bits per heavy atom. The summed E-state index contributed by atoms with van der Waals surface area (Å²) in [5.41, 5.74) is 1.02. The van der Waals surface area contributed by atoms with Gasteiger partial charge in [0.25, 0.3) is 5.69 Å². The van der Waals surface area contributed by atoms with Crippen LogP contribution >= 0.6 is 27.7 Å². The number of benzene rings is 1. The topological polar surface area (TPSA) is 55.2 Å². The van der Waals surface area contributed by atoms with Gasteiger partial charge in [-0.05, 0) is 47.5 Å². The van der Waals surface area contributed by atoms with E-state index in [-0.39, 0.29) is 15.4 Å². The lowest BCUT2D eigenvalue weighted by Crippen LogP contribution is -2.27. The van der Waals surface area contributed by atoms with Crippen molar-refractivity contribution in [1.29, 1.82) is 0 Å². The fraction of sp³-hybridized carbons (Fsp3) is 0.500. The van der Waals surface area contributed by atoms with Crippen LogP contribution in [0.15, 0.2) is 22.7 Å². The van der Waals surface area contributed by atoms with Crippen LogP contribution in [0, 0.1) is 10.1 Å². The predicted octanol–water partition coefficient (Wildman–Crippen LogP) is 4.05. The molecule has 6 heteroatoms. The number of nitrogens with zero attached hydrogens (tertiary/aromatic N) is 1. The van der Waals surface area contributed by atoms with Crippen LogP contribution in [-0.4, -0.2) is 22.0 Å². The molecule has 1 fully saturated rings. The largest absolute Gasteiger partial charge is 0.383 e. The van der Waals surface area contributed by atoms with Crippen LogP contribution in [-0.2, 0) is 0 Å². The fourth-order valence-corrected chi connectivity index (χ4v) is 3.77. The molecule has 0 aliphatic carbocycles. The molecule has 1 saturated heterocycles. The highest BCUT2D eigenvalue weighted by Gasteiger charge is 2.29. The van der Waals surface area contributed by atoms with Crippen molar-refractivity contribution < 1.29 is 4.92 Å². The van der Waals surface area contributed by atoms with E-state index in [1.165, 1.54) is 30.7 Å². The van der Waals surface area contributed by atoms with Crippen LogP contribution in [0.25, 0.3) is 0 Å². The average molecular weight is 331 g/mol. The van der Waals surface area contributed by atoms with E-state index in [4.69, 9.17) is 0 Å². The third-order valence-corrected chi connectivity index (χ3v) is 5.31. The number of nitro groups is 1. The van der Waals surface area contributed by atoms with Crippen molar-refractivity contribution in [1.82, 2.24) is 0 Å². The molecule has 0 spiro atoms. The molecule has 0 radical (unpaired) electrons. The second-order valence-corrected chi connectivity index (χ2v) is 7.21. The summed E-state index contributed by atoms with van der Waals surface area (Å²) in [5.74, 6) is 1.22. The zero-order valence-corrected chi connectivity index (χ0v) is 12.5. The lowest BCUT2D eigenvalue weighted by atomic mass is 10.1. The second kappa shape index (κ2) is 5.48. The molecule has 1 unspecified atom stereocenters. The van der Waals surface area contributed by atoms with Gasteiger partial charge in [-0.3, -0.25) is 10.1 Å². The molecule has 0 bridgehead atoms. The predicted molar refractivity (Wildman–Crippen MR) is 79.4 cm³/mol. The molecule has 1 aliphatic heterocycles. The number of nitrogens with one attached hydrogen (secondary N) is 1. The zero-order valence-electron chi connectivity index (χ0n) is 10.1. The third-order valence-electron chi connectivity index (χ3n) is 3.12. The first-order valence-electron chi connectivity index (χ1n) is 5.82. The Balaban J connectivity index is 2.03. The second-order valence-electron chi connectivity index (χ2n) is 4.68.